The highest BCUT2D eigenvalue weighted by atomic mass is 16.3. The molecule has 0 aromatic carbocycles. The lowest BCUT2D eigenvalue weighted by molar-refractivity contribution is 0.129. The number of hydrogen-bond donors (Lipinski definition) is 2. The highest BCUT2D eigenvalue weighted by Crippen LogP contribution is 2.22. The van der Waals surface area contributed by atoms with Crippen LogP contribution in [0.4, 0.5) is 0 Å². The van der Waals surface area contributed by atoms with E-state index in [-0.39, 0.29) is 6.04 Å². The molecule has 0 aliphatic rings. The summed E-state index contributed by atoms with van der Waals surface area (Å²) in [4.78, 5) is 0. The third-order valence-electron chi connectivity index (χ3n) is 2.63. The highest BCUT2D eigenvalue weighted by Gasteiger charge is 2.21. The maximum Gasteiger partial charge on any atom is 0.0997 e. The monoisotopic (exact) mass is 212 g/mol. The van der Waals surface area contributed by atoms with E-state index in [2.05, 4.69) is 24.2 Å². The van der Waals surface area contributed by atoms with E-state index in [0.717, 1.165) is 11.4 Å². The van der Waals surface area contributed by atoms with Gasteiger partial charge in [-0.25, -0.2) is 4.68 Å². The summed E-state index contributed by atoms with van der Waals surface area (Å²) in [6.07, 6.45) is -0.449. The molecule has 0 saturated heterocycles. The van der Waals surface area contributed by atoms with Crippen LogP contribution in [0.25, 0.3) is 0 Å². The number of nitrogens with zero attached hydrogens (tertiary/aromatic N) is 3. The van der Waals surface area contributed by atoms with Crippen molar-refractivity contribution in [2.24, 2.45) is 5.73 Å². The minimum absolute atomic E-state index is 0.0739. The molecule has 0 fully saturated rings. The molecule has 0 aliphatic carbocycles. The molecule has 2 unspecified atom stereocenters. The van der Waals surface area contributed by atoms with Crippen LogP contribution in [0.2, 0.25) is 0 Å². The lowest BCUT2D eigenvalue weighted by atomic mass is 10.1. The second kappa shape index (κ2) is 4.72. The molecule has 5 nitrogen and oxygen atoms in total. The molecule has 5 heteroatoms. The Hall–Kier alpha value is -0.940. The minimum atomic E-state index is -0.449. The van der Waals surface area contributed by atoms with Crippen molar-refractivity contribution in [1.82, 2.24) is 15.0 Å². The summed E-state index contributed by atoms with van der Waals surface area (Å²) >= 11 is 0. The van der Waals surface area contributed by atoms with Crippen LogP contribution in [-0.4, -0.2) is 26.2 Å². The normalized spacial score (nSPS) is 15.7. The molecule has 0 aliphatic heterocycles. The fourth-order valence-electron chi connectivity index (χ4n) is 1.58. The average molecular weight is 212 g/mol. The van der Waals surface area contributed by atoms with Crippen molar-refractivity contribution in [2.45, 2.75) is 52.3 Å². The molecule has 0 saturated carbocycles. The van der Waals surface area contributed by atoms with Gasteiger partial charge in [0.1, 0.15) is 0 Å². The zero-order valence-electron chi connectivity index (χ0n) is 9.81. The summed E-state index contributed by atoms with van der Waals surface area (Å²) in [7, 11) is 0. The number of rotatable bonds is 4. The summed E-state index contributed by atoms with van der Waals surface area (Å²) in [6.45, 7) is 8.20. The molecule has 15 heavy (non-hydrogen) atoms. The van der Waals surface area contributed by atoms with Gasteiger partial charge in [-0.1, -0.05) is 19.1 Å². The van der Waals surface area contributed by atoms with Crippen molar-refractivity contribution in [3.05, 3.63) is 11.4 Å². The first kappa shape index (κ1) is 12.1. The third-order valence-corrected chi connectivity index (χ3v) is 2.63. The SMILES string of the molecule is CC(C)c1c(CN)nnn1C(C)C(C)O. The molecule has 1 aromatic heterocycles. The fraction of sp³-hybridized carbons (Fsp3) is 0.800. The van der Waals surface area contributed by atoms with Crippen molar-refractivity contribution in [3.8, 4) is 0 Å². The van der Waals surface area contributed by atoms with Gasteiger partial charge in [-0.2, -0.15) is 0 Å². The van der Waals surface area contributed by atoms with Crippen molar-refractivity contribution in [1.29, 1.82) is 0 Å². The lowest BCUT2D eigenvalue weighted by Crippen LogP contribution is -2.22. The van der Waals surface area contributed by atoms with Gasteiger partial charge in [0.05, 0.1) is 23.5 Å². The van der Waals surface area contributed by atoms with Gasteiger partial charge < -0.3 is 10.8 Å². The van der Waals surface area contributed by atoms with Crippen LogP contribution in [0.1, 0.15) is 51.0 Å². The molecule has 3 N–H and O–H groups in total. The zero-order valence-corrected chi connectivity index (χ0v) is 9.81. The highest BCUT2D eigenvalue weighted by molar-refractivity contribution is 5.14. The quantitative estimate of drug-likeness (QED) is 0.774. The maximum absolute atomic E-state index is 9.54. The second-order valence-corrected chi connectivity index (χ2v) is 4.21. The number of aliphatic hydroxyl groups is 1. The third kappa shape index (κ3) is 2.35. The first-order valence-electron chi connectivity index (χ1n) is 5.31. The topological polar surface area (TPSA) is 77.0 Å². The Kier molecular flexibility index (Phi) is 3.82. The Balaban J connectivity index is 3.12. The van der Waals surface area contributed by atoms with E-state index < -0.39 is 6.10 Å². The van der Waals surface area contributed by atoms with E-state index in [1.165, 1.54) is 0 Å². The lowest BCUT2D eigenvalue weighted by Gasteiger charge is -2.19. The van der Waals surface area contributed by atoms with Gasteiger partial charge in [-0.15, -0.1) is 5.10 Å². The van der Waals surface area contributed by atoms with E-state index in [4.69, 9.17) is 5.73 Å². The van der Waals surface area contributed by atoms with Gasteiger partial charge in [0, 0.05) is 6.54 Å². The van der Waals surface area contributed by atoms with Gasteiger partial charge in [0.25, 0.3) is 0 Å². The van der Waals surface area contributed by atoms with Gasteiger partial charge in [-0.05, 0) is 19.8 Å². The summed E-state index contributed by atoms with van der Waals surface area (Å²) in [6, 6.07) is -0.0739. The zero-order chi connectivity index (χ0) is 11.6. The number of hydrogen-bond acceptors (Lipinski definition) is 4. The van der Waals surface area contributed by atoms with Crippen LogP contribution in [0, 0.1) is 0 Å². The predicted molar refractivity (Wildman–Crippen MR) is 58.4 cm³/mol. The summed E-state index contributed by atoms with van der Waals surface area (Å²) in [5.74, 6) is 0.305. The first-order chi connectivity index (χ1) is 6.99. The molecule has 0 radical (unpaired) electrons. The molecule has 86 valence electrons. The van der Waals surface area contributed by atoms with Crippen molar-refractivity contribution >= 4 is 0 Å². The van der Waals surface area contributed by atoms with Crippen LogP contribution in [0.3, 0.4) is 0 Å². The number of nitrogens with two attached hydrogens (primary N) is 1. The van der Waals surface area contributed by atoms with Gasteiger partial charge >= 0.3 is 0 Å². The molecule has 1 aromatic rings. The standard InChI is InChI=1S/C10H20N4O/c1-6(2)10-9(5-11)12-13-14(10)7(3)8(4)15/h6-8,15H,5,11H2,1-4H3. The Labute approximate surface area is 90.3 Å². The predicted octanol–water partition coefficient (Wildman–Crippen LogP) is 0.802. The maximum atomic E-state index is 9.54. The van der Waals surface area contributed by atoms with Crippen LogP contribution in [0.5, 0.6) is 0 Å². The van der Waals surface area contributed by atoms with Crippen molar-refractivity contribution in [2.75, 3.05) is 0 Å². The molecular weight excluding hydrogens is 192 g/mol. The smallest absolute Gasteiger partial charge is 0.0997 e. The molecule has 0 amide bonds. The van der Waals surface area contributed by atoms with Crippen LogP contribution >= 0.6 is 0 Å². The van der Waals surface area contributed by atoms with E-state index >= 15 is 0 Å². The first-order valence-corrected chi connectivity index (χ1v) is 5.31. The molecular formula is C10H20N4O. The fourth-order valence-corrected chi connectivity index (χ4v) is 1.58. The Morgan fingerprint density at radius 1 is 1.33 bits per heavy atom. The molecule has 0 spiro atoms. The van der Waals surface area contributed by atoms with E-state index in [1.807, 2.05) is 6.92 Å². The minimum Gasteiger partial charge on any atom is -0.391 e. The van der Waals surface area contributed by atoms with Crippen LogP contribution in [0.15, 0.2) is 0 Å². The number of aliphatic hydroxyl groups excluding tert-OH is 1. The Bertz CT molecular complexity index is 319. The molecule has 0 bridgehead atoms. The van der Waals surface area contributed by atoms with Crippen LogP contribution < -0.4 is 5.73 Å². The van der Waals surface area contributed by atoms with E-state index in [9.17, 15) is 5.11 Å². The summed E-state index contributed by atoms with van der Waals surface area (Å²) in [5, 5.41) is 17.6. The Morgan fingerprint density at radius 2 is 1.93 bits per heavy atom. The molecule has 1 rings (SSSR count). The van der Waals surface area contributed by atoms with Crippen LogP contribution in [-0.2, 0) is 6.54 Å². The summed E-state index contributed by atoms with van der Waals surface area (Å²) in [5.41, 5.74) is 7.44. The Morgan fingerprint density at radius 3 is 2.33 bits per heavy atom. The second-order valence-electron chi connectivity index (χ2n) is 4.21. The van der Waals surface area contributed by atoms with E-state index in [1.54, 1.807) is 11.6 Å². The molecule has 1 heterocycles. The van der Waals surface area contributed by atoms with Gasteiger partial charge in [0.2, 0.25) is 0 Å². The van der Waals surface area contributed by atoms with Crippen molar-refractivity contribution < 1.29 is 5.11 Å². The average Bonchev–Trinajstić information content (AvgIpc) is 2.59. The van der Waals surface area contributed by atoms with Crippen molar-refractivity contribution in [3.63, 3.8) is 0 Å². The summed E-state index contributed by atoms with van der Waals surface area (Å²) < 4.78 is 1.78. The van der Waals surface area contributed by atoms with Gasteiger partial charge in [0.15, 0.2) is 0 Å². The number of aromatic nitrogens is 3. The van der Waals surface area contributed by atoms with Gasteiger partial charge in [-0.3, -0.25) is 0 Å². The molecule has 2 atom stereocenters. The largest absolute Gasteiger partial charge is 0.391 e. The van der Waals surface area contributed by atoms with E-state index in [0.29, 0.717) is 12.5 Å².